The standard InChI is InChI=1S/C15H23NO2/c1-11(15(2,3)4)16(5)13(14(17)18)12-9-7-6-8-10-12/h6-11,13H,1-5H3,(H,17,18). The Bertz CT molecular complexity index is 395. The molecule has 18 heavy (non-hydrogen) atoms. The molecule has 1 N–H and O–H groups in total. The molecule has 0 heterocycles. The van der Waals surface area contributed by atoms with E-state index < -0.39 is 12.0 Å². The van der Waals surface area contributed by atoms with Gasteiger partial charge in [0.25, 0.3) is 0 Å². The van der Waals surface area contributed by atoms with Crippen LogP contribution in [-0.4, -0.2) is 29.1 Å². The molecule has 0 aliphatic carbocycles. The topological polar surface area (TPSA) is 40.5 Å². The van der Waals surface area contributed by atoms with Crippen LogP contribution < -0.4 is 0 Å². The number of carbonyl (C=O) groups is 1. The van der Waals surface area contributed by atoms with Crippen molar-refractivity contribution in [1.82, 2.24) is 4.90 Å². The molecule has 0 amide bonds. The molecule has 0 aliphatic rings. The molecule has 0 aliphatic heterocycles. The second-order valence-electron chi connectivity index (χ2n) is 5.86. The van der Waals surface area contributed by atoms with Gasteiger partial charge in [0.15, 0.2) is 0 Å². The zero-order valence-corrected chi connectivity index (χ0v) is 11.8. The van der Waals surface area contributed by atoms with E-state index in [1.54, 1.807) is 0 Å². The quantitative estimate of drug-likeness (QED) is 0.891. The fourth-order valence-corrected chi connectivity index (χ4v) is 2.02. The summed E-state index contributed by atoms with van der Waals surface area (Å²) in [5.74, 6) is -0.806. The van der Waals surface area contributed by atoms with E-state index in [-0.39, 0.29) is 11.5 Å². The Kier molecular flexibility index (Phi) is 4.52. The molecule has 0 fully saturated rings. The van der Waals surface area contributed by atoms with Crippen LogP contribution in [0, 0.1) is 5.41 Å². The van der Waals surface area contributed by atoms with Gasteiger partial charge in [-0.15, -0.1) is 0 Å². The van der Waals surface area contributed by atoms with Gasteiger partial charge in [-0.3, -0.25) is 9.69 Å². The van der Waals surface area contributed by atoms with Crippen LogP contribution in [0.15, 0.2) is 30.3 Å². The Hall–Kier alpha value is -1.35. The molecule has 2 unspecified atom stereocenters. The molecule has 0 saturated carbocycles. The third kappa shape index (κ3) is 3.33. The third-order valence-corrected chi connectivity index (χ3v) is 3.62. The van der Waals surface area contributed by atoms with E-state index in [9.17, 15) is 9.90 Å². The highest BCUT2D eigenvalue weighted by molar-refractivity contribution is 5.75. The van der Waals surface area contributed by atoms with Gasteiger partial charge in [0.2, 0.25) is 0 Å². The largest absolute Gasteiger partial charge is 0.480 e. The number of likely N-dealkylation sites (N-methyl/N-ethyl adjacent to an activating group) is 1. The summed E-state index contributed by atoms with van der Waals surface area (Å²) in [6.45, 7) is 8.44. The lowest BCUT2D eigenvalue weighted by atomic mass is 9.86. The fourth-order valence-electron chi connectivity index (χ4n) is 2.02. The van der Waals surface area contributed by atoms with Crippen LogP contribution in [0.2, 0.25) is 0 Å². The van der Waals surface area contributed by atoms with Crippen LogP contribution in [0.5, 0.6) is 0 Å². The first-order valence-electron chi connectivity index (χ1n) is 6.25. The number of hydrogen-bond acceptors (Lipinski definition) is 2. The van der Waals surface area contributed by atoms with Crippen LogP contribution in [0.4, 0.5) is 0 Å². The van der Waals surface area contributed by atoms with Crippen molar-refractivity contribution in [3.05, 3.63) is 35.9 Å². The number of benzene rings is 1. The van der Waals surface area contributed by atoms with Crippen molar-refractivity contribution in [3.63, 3.8) is 0 Å². The van der Waals surface area contributed by atoms with Gasteiger partial charge in [0.1, 0.15) is 6.04 Å². The molecule has 3 nitrogen and oxygen atoms in total. The molecule has 0 spiro atoms. The minimum Gasteiger partial charge on any atom is -0.480 e. The number of carboxylic acids is 1. The number of aliphatic carboxylic acids is 1. The molecule has 0 bridgehead atoms. The lowest BCUT2D eigenvalue weighted by Crippen LogP contribution is -2.44. The molecular formula is C15H23NO2. The summed E-state index contributed by atoms with van der Waals surface area (Å²) in [7, 11) is 1.88. The van der Waals surface area contributed by atoms with Gasteiger partial charge in [-0.1, -0.05) is 51.1 Å². The van der Waals surface area contributed by atoms with Crippen LogP contribution in [-0.2, 0) is 4.79 Å². The van der Waals surface area contributed by atoms with E-state index in [0.717, 1.165) is 5.56 Å². The maximum absolute atomic E-state index is 11.5. The van der Waals surface area contributed by atoms with E-state index in [1.165, 1.54) is 0 Å². The second kappa shape index (κ2) is 5.53. The van der Waals surface area contributed by atoms with Crippen molar-refractivity contribution < 1.29 is 9.90 Å². The van der Waals surface area contributed by atoms with E-state index >= 15 is 0 Å². The SMILES string of the molecule is CC(N(C)C(C(=O)O)c1ccccc1)C(C)(C)C. The lowest BCUT2D eigenvalue weighted by molar-refractivity contribution is -0.144. The lowest BCUT2D eigenvalue weighted by Gasteiger charge is -2.38. The predicted molar refractivity (Wildman–Crippen MR) is 73.5 cm³/mol. The molecule has 1 rings (SSSR count). The summed E-state index contributed by atoms with van der Waals surface area (Å²) < 4.78 is 0. The predicted octanol–water partition coefficient (Wildman–Crippen LogP) is 3.18. The van der Waals surface area contributed by atoms with Gasteiger partial charge in [0.05, 0.1) is 0 Å². The van der Waals surface area contributed by atoms with Gasteiger partial charge in [-0.2, -0.15) is 0 Å². The Balaban J connectivity index is 3.04. The summed E-state index contributed by atoms with van der Waals surface area (Å²) in [5.41, 5.74) is 0.862. The maximum Gasteiger partial charge on any atom is 0.325 e. The van der Waals surface area contributed by atoms with Crippen LogP contribution in [0.1, 0.15) is 39.3 Å². The van der Waals surface area contributed by atoms with E-state index in [1.807, 2.05) is 42.3 Å². The highest BCUT2D eigenvalue weighted by Gasteiger charge is 2.33. The fraction of sp³-hybridized carbons (Fsp3) is 0.533. The third-order valence-electron chi connectivity index (χ3n) is 3.62. The van der Waals surface area contributed by atoms with E-state index in [2.05, 4.69) is 27.7 Å². The summed E-state index contributed by atoms with van der Waals surface area (Å²) in [6.07, 6.45) is 0. The Morgan fingerprint density at radius 2 is 1.72 bits per heavy atom. The van der Waals surface area contributed by atoms with Gasteiger partial charge >= 0.3 is 5.97 Å². The number of rotatable bonds is 4. The molecule has 100 valence electrons. The zero-order valence-electron chi connectivity index (χ0n) is 11.8. The van der Waals surface area contributed by atoms with Crippen molar-refractivity contribution in [2.24, 2.45) is 5.41 Å². The minimum absolute atomic E-state index is 0.0389. The monoisotopic (exact) mass is 249 g/mol. The molecule has 0 saturated heterocycles. The Labute approximate surface area is 109 Å². The molecular weight excluding hydrogens is 226 g/mol. The molecule has 0 aromatic heterocycles. The summed E-state index contributed by atoms with van der Waals surface area (Å²) in [5, 5.41) is 9.47. The molecule has 2 atom stereocenters. The van der Waals surface area contributed by atoms with Crippen LogP contribution in [0.3, 0.4) is 0 Å². The summed E-state index contributed by atoms with van der Waals surface area (Å²) in [6, 6.07) is 8.95. The van der Waals surface area contributed by atoms with E-state index in [4.69, 9.17) is 0 Å². The normalized spacial score (nSPS) is 15.4. The minimum atomic E-state index is -0.806. The van der Waals surface area contributed by atoms with Gasteiger partial charge in [0, 0.05) is 6.04 Å². The average Bonchev–Trinajstić information content (AvgIpc) is 2.27. The molecule has 3 heteroatoms. The van der Waals surface area contributed by atoms with Gasteiger partial charge < -0.3 is 5.11 Å². The van der Waals surface area contributed by atoms with Gasteiger partial charge in [-0.25, -0.2) is 0 Å². The highest BCUT2D eigenvalue weighted by Crippen LogP contribution is 2.30. The average molecular weight is 249 g/mol. The van der Waals surface area contributed by atoms with Crippen molar-refractivity contribution >= 4 is 5.97 Å². The molecule has 1 aromatic rings. The number of hydrogen-bond donors (Lipinski definition) is 1. The number of nitrogens with zero attached hydrogens (tertiary/aromatic N) is 1. The maximum atomic E-state index is 11.5. The Morgan fingerprint density at radius 1 is 1.22 bits per heavy atom. The Morgan fingerprint density at radius 3 is 2.11 bits per heavy atom. The van der Waals surface area contributed by atoms with Gasteiger partial charge in [-0.05, 0) is 24.9 Å². The highest BCUT2D eigenvalue weighted by atomic mass is 16.4. The first kappa shape index (κ1) is 14.7. The zero-order chi connectivity index (χ0) is 13.9. The first-order chi connectivity index (χ1) is 8.25. The van der Waals surface area contributed by atoms with Crippen molar-refractivity contribution in [3.8, 4) is 0 Å². The van der Waals surface area contributed by atoms with Crippen molar-refractivity contribution in [2.45, 2.75) is 39.8 Å². The smallest absolute Gasteiger partial charge is 0.325 e. The summed E-state index contributed by atoms with van der Waals surface area (Å²) in [4.78, 5) is 13.5. The molecule has 0 radical (unpaired) electrons. The summed E-state index contributed by atoms with van der Waals surface area (Å²) >= 11 is 0. The second-order valence-corrected chi connectivity index (χ2v) is 5.86. The van der Waals surface area contributed by atoms with Crippen molar-refractivity contribution in [1.29, 1.82) is 0 Å². The van der Waals surface area contributed by atoms with Crippen LogP contribution >= 0.6 is 0 Å². The molecule has 1 aromatic carbocycles. The van der Waals surface area contributed by atoms with E-state index in [0.29, 0.717) is 0 Å². The van der Waals surface area contributed by atoms with Crippen molar-refractivity contribution in [2.75, 3.05) is 7.05 Å². The first-order valence-corrected chi connectivity index (χ1v) is 6.25. The van der Waals surface area contributed by atoms with Crippen LogP contribution in [0.25, 0.3) is 0 Å². The number of carboxylic acid groups (broad SMARTS) is 1.